The Morgan fingerprint density at radius 3 is 0.485 bits per heavy atom. The van der Waals surface area contributed by atoms with Gasteiger partial charge in [0.2, 0.25) is 0 Å². The van der Waals surface area contributed by atoms with E-state index in [-0.39, 0.29) is 52.1 Å². The molecule has 0 fully saturated rings. The lowest BCUT2D eigenvalue weighted by Gasteiger charge is -2.32. The first kappa shape index (κ1) is 96.1. The molecule has 0 aliphatic rings. The van der Waals surface area contributed by atoms with Crippen molar-refractivity contribution in [3.63, 3.8) is 0 Å². The molecule has 0 aromatic carbocycles. The number of nitrogens with zero attached hydrogens (tertiary/aromatic N) is 12. The third-order valence-electron chi connectivity index (χ3n) is 16.7. The second kappa shape index (κ2) is 57.4. The van der Waals surface area contributed by atoms with Crippen LogP contribution in [-0.4, -0.2) is 246 Å². The second-order valence-electron chi connectivity index (χ2n) is 32.2. The summed E-state index contributed by atoms with van der Waals surface area (Å²) in [5.74, 6) is 1.89. The van der Waals surface area contributed by atoms with Gasteiger partial charge in [0.1, 0.15) is 31.8 Å². The Labute approximate surface area is 617 Å². The zero-order chi connectivity index (χ0) is 76.3. The predicted molar refractivity (Wildman–Crippen MR) is 430 cm³/mol. The van der Waals surface area contributed by atoms with Gasteiger partial charge in [0, 0.05) is 124 Å². The maximum atomic E-state index is 14.3. The summed E-state index contributed by atoms with van der Waals surface area (Å²) in [5.41, 5.74) is 7.24. The van der Waals surface area contributed by atoms with Crippen LogP contribution in [0.5, 0.6) is 0 Å². The molecule has 20 heteroatoms. The average Bonchev–Trinajstić information content (AvgIpc) is 0.853. The van der Waals surface area contributed by atoms with Crippen LogP contribution in [0.4, 0.5) is 0 Å². The van der Waals surface area contributed by atoms with E-state index < -0.39 is 29.3 Å². The summed E-state index contributed by atoms with van der Waals surface area (Å²) < 4.78 is 25.0. The first-order chi connectivity index (χ1) is 47.5. The van der Waals surface area contributed by atoms with Gasteiger partial charge in [-0.05, 0) is 154 Å². The van der Waals surface area contributed by atoms with Crippen molar-refractivity contribution < 1.29 is 38.1 Å². The predicted octanol–water partition coefficient (Wildman–Crippen LogP) is 15.0. The minimum Gasteiger partial charge on any atom is -0.465 e. The summed E-state index contributed by atoms with van der Waals surface area (Å²) >= 11 is 0. The molecule has 0 saturated carbocycles. The van der Waals surface area contributed by atoms with E-state index in [0.29, 0.717) is 178 Å². The summed E-state index contributed by atoms with van der Waals surface area (Å²) in [5, 5.41) is 0. The Bertz CT molecular complexity index is 2070. The fourth-order valence-electron chi connectivity index (χ4n) is 12.1. The molecule has 0 rings (SSSR count). The highest BCUT2D eigenvalue weighted by Gasteiger charge is 2.38. The Hall–Kier alpha value is -4.92. The number of esters is 4. The SMILES string of the molecule is CC(CC(C)C)=NCCN(CCN=C(C)CC(C)C)CCC(=O)OCC(COC(=O)CCN(CCN=C(C)CC(C)C)CCN=C(C)CC(C)C)(COC(=O)CCN(CCN=C(C)CC(C)C)CCN=C(C)CC(C)C)COC(=O)CCN(CCN=C(C)CC(C)C)CCN=C(C)CC(C)C. The van der Waals surface area contributed by atoms with Gasteiger partial charge in [0.05, 0.1) is 78.0 Å². The van der Waals surface area contributed by atoms with Crippen molar-refractivity contribution in [2.24, 2.45) is 92.7 Å². The molecule has 0 amide bonds. The molecule has 0 aromatic rings. The van der Waals surface area contributed by atoms with E-state index >= 15 is 0 Å². The van der Waals surface area contributed by atoms with Gasteiger partial charge < -0.3 is 18.9 Å². The smallest absolute Gasteiger partial charge is 0.307 e. The molecule has 0 N–H and O–H groups in total. The molecule has 0 radical (unpaired) electrons. The Kier molecular flexibility index (Phi) is 54.6. The molecule has 584 valence electrons. The monoisotopic (exact) mass is 1420 g/mol. The van der Waals surface area contributed by atoms with Crippen molar-refractivity contribution in [2.75, 3.05) is 157 Å². The number of rotatable bonds is 60. The Balaban J connectivity index is 7.75. The normalized spacial score (nSPS) is 14.4. The molecule has 0 aliphatic heterocycles. The van der Waals surface area contributed by atoms with Gasteiger partial charge in [0.15, 0.2) is 0 Å². The lowest BCUT2D eigenvalue weighted by atomic mass is 9.92. The molecular formula is C81H152N12O8. The highest BCUT2D eigenvalue weighted by atomic mass is 16.6. The molecule has 0 aromatic heterocycles. The third kappa shape index (κ3) is 58.1. The van der Waals surface area contributed by atoms with E-state index in [9.17, 15) is 19.2 Å². The Morgan fingerprint density at radius 2 is 0.366 bits per heavy atom. The standard InChI is InChI=1S/C81H152N12O8/c1-61(2)49-69(17)82-29-41-90(42-30-83-70(18)50-62(3)4)37-25-77(94)98-57-81(58-99-78(95)26-38-91(43-31-84-71(19)51-63(5)6)44-32-85-72(20)52-64(7)8,59-100-79(96)27-39-92(45-33-86-73(21)53-65(9)10)46-34-87-74(22)54-66(11)12)60-101-80(97)28-40-93(47-35-88-75(23)55-67(13)14)48-36-89-76(24)56-68(15)16/h61-68H,25-60H2,1-24H3. The summed E-state index contributed by atoms with van der Waals surface area (Å²) in [4.78, 5) is 105. The van der Waals surface area contributed by atoms with Crippen LogP contribution in [0.1, 0.15) is 243 Å². The largest absolute Gasteiger partial charge is 0.465 e. The van der Waals surface area contributed by atoms with Gasteiger partial charge >= 0.3 is 23.9 Å². The number of ether oxygens (including phenoxy) is 4. The van der Waals surface area contributed by atoms with E-state index in [1.54, 1.807) is 0 Å². The van der Waals surface area contributed by atoms with Crippen LogP contribution in [0.25, 0.3) is 0 Å². The second-order valence-corrected chi connectivity index (χ2v) is 32.2. The van der Waals surface area contributed by atoms with E-state index in [2.05, 4.69) is 186 Å². The van der Waals surface area contributed by atoms with Crippen LogP contribution in [0, 0.1) is 52.8 Å². The highest BCUT2D eigenvalue weighted by Crippen LogP contribution is 2.23. The molecule has 0 saturated heterocycles. The number of aliphatic imine (C=N–C) groups is 8. The highest BCUT2D eigenvalue weighted by molar-refractivity contribution is 5.85. The van der Waals surface area contributed by atoms with Gasteiger partial charge in [-0.3, -0.25) is 78.7 Å². The van der Waals surface area contributed by atoms with Gasteiger partial charge in [-0.1, -0.05) is 111 Å². The number of hydrogen-bond donors (Lipinski definition) is 0. The minimum absolute atomic E-state index is 0.0343. The van der Waals surface area contributed by atoms with Crippen molar-refractivity contribution in [1.29, 1.82) is 0 Å². The summed E-state index contributed by atoms with van der Waals surface area (Å²) in [6.07, 6.45) is 7.42. The van der Waals surface area contributed by atoms with Crippen LogP contribution in [0.2, 0.25) is 0 Å². The fraction of sp³-hybridized carbons (Fsp3) is 0.852. The summed E-state index contributed by atoms with van der Waals surface area (Å²) in [7, 11) is 0. The van der Waals surface area contributed by atoms with Crippen LogP contribution in [-0.2, 0) is 38.1 Å². The summed E-state index contributed by atoms with van der Waals surface area (Å²) in [6.45, 7) is 61.2. The lowest BCUT2D eigenvalue weighted by Crippen LogP contribution is -2.44. The van der Waals surface area contributed by atoms with Crippen molar-refractivity contribution in [2.45, 2.75) is 243 Å². The Morgan fingerprint density at radius 1 is 0.238 bits per heavy atom. The molecule has 20 nitrogen and oxygen atoms in total. The maximum Gasteiger partial charge on any atom is 0.307 e. The molecule has 0 spiro atoms. The quantitative estimate of drug-likeness (QED) is 0.0316. The number of hydrogen-bond acceptors (Lipinski definition) is 20. The third-order valence-corrected chi connectivity index (χ3v) is 16.7. The molecule has 0 bridgehead atoms. The lowest BCUT2D eigenvalue weighted by molar-refractivity contribution is -0.171. The van der Waals surface area contributed by atoms with Crippen LogP contribution >= 0.6 is 0 Å². The van der Waals surface area contributed by atoms with Crippen molar-refractivity contribution in [3.05, 3.63) is 0 Å². The first-order valence-electron chi connectivity index (χ1n) is 39.1. The zero-order valence-corrected chi connectivity index (χ0v) is 69.2. The molecular weight excluding hydrogens is 1270 g/mol. The first-order valence-corrected chi connectivity index (χ1v) is 39.1. The van der Waals surface area contributed by atoms with Crippen LogP contribution < -0.4 is 0 Å². The van der Waals surface area contributed by atoms with E-state index in [1.807, 2.05) is 0 Å². The average molecular weight is 1420 g/mol. The number of carbonyl (C=O) groups excluding carboxylic acids is 4. The molecule has 0 aliphatic carbocycles. The van der Waals surface area contributed by atoms with Crippen molar-refractivity contribution in [1.82, 2.24) is 19.6 Å². The van der Waals surface area contributed by atoms with Crippen LogP contribution in [0.3, 0.4) is 0 Å². The van der Waals surface area contributed by atoms with Gasteiger partial charge in [-0.25, -0.2) is 0 Å². The van der Waals surface area contributed by atoms with E-state index in [4.69, 9.17) is 58.9 Å². The molecule has 0 unspecified atom stereocenters. The van der Waals surface area contributed by atoms with E-state index in [0.717, 1.165) is 97.1 Å². The molecule has 0 heterocycles. The van der Waals surface area contributed by atoms with Crippen molar-refractivity contribution in [3.8, 4) is 0 Å². The van der Waals surface area contributed by atoms with Gasteiger partial charge in [-0.15, -0.1) is 0 Å². The maximum absolute atomic E-state index is 14.3. The minimum atomic E-state index is -1.50. The van der Waals surface area contributed by atoms with Crippen molar-refractivity contribution >= 4 is 69.6 Å². The van der Waals surface area contributed by atoms with Gasteiger partial charge in [-0.2, -0.15) is 0 Å². The molecule has 0 atom stereocenters. The number of carbonyl (C=O) groups is 4. The molecule has 101 heavy (non-hydrogen) atoms. The fourth-order valence-corrected chi connectivity index (χ4v) is 12.1. The van der Waals surface area contributed by atoms with Crippen LogP contribution in [0.15, 0.2) is 39.9 Å². The van der Waals surface area contributed by atoms with E-state index in [1.165, 1.54) is 0 Å². The zero-order valence-electron chi connectivity index (χ0n) is 69.2. The topological polar surface area (TPSA) is 217 Å². The summed E-state index contributed by atoms with van der Waals surface area (Å²) in [6, 6.07) is 0. The van der Waals surface area contributed by atoms with Gasteiger partial charge in [0.25, 0.3) is 0 Å².